The average molecular weight is 1300 g/mol. The molecule has 3 fully saturated rings. The Morgan fingerprint density at radius 2 is 1.40 bits per heavy atom. The zero-order chi connectivity index (χ0) is 67.8. The van der Waals surface area contributed by atoms with Gasteiger partial charge < -0.3 is 49.6 Å². The number of aryl methyl sites for hydroxylation is 1. The summed E-state index contributed by atoms with van der Waals surface area (Å²) < 4.78 is 30.3. The summed E-state index contributed by atoms with van der Waals surface area (Å²) in [7, 11) is 0. The lowest BCUT2D eigenvalue weighted by Crippen LogP contribution is -2.82. The highest BCUT2D eigenvalue weighted by atomic mass is 32.2. The van der Waals surface area contributed by atoms with Crippen LogP contribution in [-0.2, 0) is 52.5 Å². The topological polar surface area (TPSA) is 295 Å². The number of aliphatic hydroxyl groups is 3. The molecule has 1 saturated heterocycles. The van der Waals surface area contributed by atoms with Gasteiger partial charge in [-0.3, -0.25) is 33.8 Å². The maximum Gasteiger partial charge on any atom is 0.338 e. The molecule has 0 aromatic heterocycles. The first-order valence-corrected chi connectivity index (χ1v) is 32.4. The number of nitrogens with one attached hydrogen (secondary N) is 2. The van der Waals surface area contributed by atoms with E-state index in [2.05, 4.69) is 17.6 Å². The highest BCUT2D eigenvalue weighted by Gasteiger charge is 2.78. The number of thioether (sulfide) groups is 1. The maximum absolute atomic E-state index is 15.5. The summed E-state index contributed by atoms with van der Waals surface area (Å²) in [5.41, 5.74) is -3.59. The van der Waals surface area contributed by atoms with Crippen molar-refractivity contribution in [2.75, 3.05) is 11.9 Å². The number of carbonyl (C=O) groups excluding carboxylic acids is 8. The van der Waals surface area contributed by atoms with Crippen LogP contribution in [0.3, 0.4) is 0 Å². The molecular formula is C72H79N5O16S. The fourth-order valence-corrected chi connectivity index (χ4v) is 15.0. The lowest BCUT2D eigenvalue weighted by Gasteiger charge is -2.67. The molecule has 2 saturated carbocycles. The smallest absolute Gasteiger partial charge is 0.338 e. The number of fused-ring (bicyclic) bond motifs is 8. The van der Waals surface area contributed by atoms with E-state index in [1.807, 2.05) is 69.3 Å². The monoisotopic (exact) mass is 1300 g/mol. The van der Waals surface area contributed by atoms with E-state index in [0.717, 1.165) is 42.8 Å². The van der Waals surface area contributed by atoms with Crippen LogP contribution in [0.4, 0.5) is 11.4 Å². The van der Waals surface area contributed by atoms with Crippen LogP contribution in [0, 0.1) is 29.6 Å². The number of anilines is 1. The van der Waals surface area contributed by atoms with Gasteiger partial charge in [-0.05, 0) is 97.8 Å². The molecule has 11 rings (SSSR count). The van der Waals surface area contributed by atoms with Gasteiger partial charge in [0, 0.05) is 48.9 Å². The zero-order valence-corrected chi connectivity index (χ0v) is 54.9. The summed E-state index contributed by atoms with van der Waals surface area (Å²) in [5, 5.41) is 43.4. The summed E-state index contributed by atoms with van der Waals surface area (Å²) in [6, 6.07) is 37.9. The molecule has 3 amide bonds. The summed E-state index contributed by atoms with van der Waals surface area (Å²) in [6.45, 7) is 16.0. The number of Topliss-reactive ketones (excluding diaryl/α,β-unsaturated/α-hetero) is 1. The van der Waals surface area contributed by atoms with Gasteiger partial charge in [0.1, 0.15) is 35.8 Å². The molecule has 3 aliphatic carbocycles. The average Bonchev–Trinajstić information content (AvgIpc) is 0.768. The van der Waals surface area contributed by atoms with E-state index >= 15 is 4.79 Å². The minimum absolute atomic E-state index is 0.00289. The number of esters is 4. The molecule has 14 atom stereocenters. The molecule has 21 nitrogen and oxygen atoms in total. The Morgan fingerprint density at radius 1 is 0.787 bits per heavy atom. The Bertz CT molecular complexity index is 3860. The second-order valence-corrected chi connectivity index (χ2v) is 26.7. The Labute approximate surface area is 549 Å². The third-order valence-electron chi connectivity index (χ3n) is 19.5. The molecule has 3 unspecified atom stereocenters. The number of aliphatic imine (C=N–C) groups is 2. The Kier molecular flexibility index (Phi) is 19.8. The van der Waals surface area contributed by atoms with Gasteiger partial charge in [-0.15, -0.1) is 0 Å². The molecule has 5 N–H and O–H groups in total. The van der Waals surface area contributed by atoms with Crippen molar-refractivity contribution in [1.82, 2.24) is 10.2 Å². The standard InChI is InChI=1S/C47H51NO14.C25H28N4O2S/c1-25-31(60-43(56)36(52)35(28-16-10-7-11-17-28)48-41(54)29-18-12-8-13-19-29)23-47(57)40(61-42(55)30-20-14-9-15-21-30)38-45(6,32(51)22-33-46(38,24-58-33)62-27(3)50)39(53)37(59-26(2)49)34(25)44(47,4)5;1-5-15(3)21-24(31)29-22(28-21)17-12-8-10-14-19(17)27-25(29)32-20(6-2)23(30)26-18-13-9-7-11-16(18)4/h7-21,31-33,35-38,40,51-52,57H,22-24H2,1-6H3,(H,48,54);7-15,20-21H,5-6H2,1-4H3,(H,26,30)/t31-,32-,33+,35-,36+,37+,38-,40-,45+,46-,47+;/m0./s1. The van der Waals surface area contributed by atoms with Crippen molar-refractivity contribution >= 4 is 81.5 Å². The first-order chi connectivity index (χ1) is 44.7. The molecule has 3 heterocycles. The molecule has 5 aromatic carbocycles. The summed E-state index contributed by atoms with van der Waals surface area (Å²) in [4.78, 5) is 121. The lowest BCUT2D eigenvalue weighted by atomic mass is 9.44. The molecule has 2 bridgehead atoms. The second kappa shape index (κ2) is 27.3. The fraction of sp³-hybridized carbons (Fsp3) is 0.417. The van der Waals surface area contributed by atoms with E-state index in [-0.39, 0.29) is 53.0 Å². The molecule has 22 heteroatoms. The van der Waals surface area contributed by atoms with Crippen LogP contribution in [0.5, 0.6) is 0 Å². The molecule has 6 aliphatic rings. The van der Waals surface area contributed by atoms with Gasteiger partial charge in [0.05, 0.1) is 46.6 Å². The fourth-order valence-electron chi connectivity index (χ4n) is 14.0. The molecule has 3 aliphatic heterocycles. The minimum atomic E-state index is -2.39. The maximum atomic E-state index is 15.5. The SMILES string of the molecule is CC(=O)O[C@H]1C(=O)[C@@]2(C)[C@H]([C@H](OC(=O)c3ccccc3)[C@]3(O)C[C@H](OC(=O)[C@H](O)[C@@H](NC(=O)c4ccccc4)c4ccccc4)C(C)=C1C3(C)C)[C@]1(OC(C)=O)CO[C@@H]1C[C@@H]2O.CCC(SC1=Nc2ccccc2C2=NC(C(C)CC)C(=O)N12)C(=O)Nc1ccccc1C. The van der Waals surface area contributed by atoms with Gasteiger partial charge in [0.15, 0.2) is 28.8 Å². The van der Waals surface area contributed by atoms with Gasteiger partial charge in [0.25, 0.3) is 11.8 Å². The quantitative estimate of drug-likeness (QED) is 0.0350. The van der Waals surface area contributed by atoms with E-state index in [1.54, 1.807) is 97.6 Å². The van der Waals surface area contributed by atoms with Crippen molar-refractivity contribution in [2.45, 2.75) is 160 Å². The Balaban J connectivity index is 0.000000252. The number of hydrogen-bond donors (Lipinski definition) is 5. The number of para-hydroxylation sites is 2. The number of rotatable bonds is 16. The van der Waals surface area contributed by atoms with Gasteiger partial charge in [-0.25, -0.2) is 19.5 Å². The van der Waals surface area contributed by atoms with Crippen molar-refractivity contribution in [3.8, 4) is 0 Å². The van der Waals surface area contributed by atoms with Gasteiger partial charge in [0.2, 0.25) is 5.91 Å². The summed E-state index contributed by atoms with van der Waals surface area (Å²) in [5.74, 6) is -6.24. The number of ether oxygens (including phenoxy) is 5. The number of amidine groups is 2. The van der Waals surface area contributed by atoms with Crippen molar-refractivity contribution in [3.05, 3.63) is 178 Å². The summed E-state index contributed by atoms with van der Waals surface area (Å²) in [6.07, 6.45) is -9.05. The van der Waals surface area contributed by atoms with Gasteiger partial charge >= 0.3 is 23.9 Å². The van der Waals surface area contributed by atoms with E-state index in [1.165, 1.54) is 37.7 Å². The number of amides is 3. The lowest BCUT2D eigenvalue weighted by molar-refractivity contribution is -0.346. The number of benzene rings is 5. The zero-order valence-electron chi connectivity index (χ0n) is 54.1. The molecule has 494 valence electrons. The Morgan fingerprint density at radius 3 is 2.01 bits per heavy atom. The molecular weight excluding hydrogens is 1220 g/mol. The first-order valence-electron chi connectivity index (χ1n) is 31.5. The largest absolute Gasteiger partial charge is 0.456 e. The Hall–Kier alpha value is -8.67. The van der Waals surface area contributed by atoms with E-state index in [4.69, 9.17) is 33.7 Å². The van der Waals surface area contributed by atoms with Crippen molar-refractivity contribution < 1.29 is 77.4 Å². The van der Waals surface area contributed by atoms with Crippen molar-refractivity contribution in [2.24, 2.45) is 32.7 Å². The van der Waals surface area contributed by atoms with E-state index < -0.39 is 124 Å². The third-order valence-corrected chi connectivity index (χ3v) is 20.8. The van der Waals surface area contributed by atoms with E-state index in [0.29, 0.717) is 23.0 Å². The van der Waals surface area contributed by atoms with Crippen LogP contribution in [0.2, 0.25) is 0 Å². The van der Waals surface area contributed by atoms with Crippen LogP contribution < -0.4 is 10.6 Å². The first kappa shape index (κ1) is 68.2. The number of hydrogen-bond acceptors (Lipinski definition) is 19. The molecule has 0 radical (unpaired) electrons. The van der Waals surface area contributed by atoms with Crippen LogP contribution in [0.15, 0.2) is 161 Å². The third kappa shape index (κ3) is 12.5. The second-order valence-electron chi connectivity index (χ2n) is 25.5. The molecule has 0 spiro atoms. The van der Waals surface area contributed by atoms with Crippen LogP contribution >= 0.6 is 11.8 Å². The van der Waals surface area contributed by atoms with Crippen molar-refractivity contribution in [3.63, 3.8) is 0 Å². The van der Waals surface area contributed by atoms with Crippen LogP contribution in [0.1, 0.15) is 131 Å². The highest BCUT2D eigenvalue weighted by Crippen LogP contribution is 2.64. The normalized spacial score (nSPS) is 27.5. The van der Waals surface area contributed by atoms with Crippen molar-refractivity contribution in [1.29, 1.82) is 0 Å². The molecule has 94 heavy (non-hydrogen) atoms. The summed E-state index contributed by atoms with van der Waals surface area (Å²) >= 11 is 1.33. The predicted molar refractivity (Wildman–Crippen MR) is 349 cm³/mol. The predicted octanol–water partition coefficient (Wildman–Crippen LogP) is 8.89. The highest BCUT2D eigenvalue weighted by molar-refractivity contribution is 8.15. The van der Waals surface area contributed by atoms with Gasteiger partial charge in [-0.2, -0.15) is 0 Å². The van der Waals surface area contributed by atoms with Crippen LogP contribution in [-0.4, -0.2) is 144 Å². The minimum Gasteiger partial charge on any atom is -0.456 e. The number of carbonyl (C=O) groups is 8. The van der Waals surface area contributed by atoms with E-state index in [9.17, 15) is 48.9 Å². The van der Waals surface area contributed by atoms with Gasteiger partial charge in [-0.1, -0.05) is 150 Å². The number of aliphatic hydroxyl groups excluding tert-OH is 2. The van der Waals surface area contributed by atoms with Crippen LogP contribution in [0.25, 0.3) is 0 Å². The number of ketones is 1. The number of nitrogens with zero attached hydrogens (tertiary/aromatic N) is 3. The molecule has 5 aromatic rings.